The summed E-state index contributed by atoms with van der Waals surface area (Å²) >= 11 is 6.49. The average molecular weight is 674 g/mol. The first-order valence-corrected chi connectivity index (χ1v) is 17.2. The van der Waals surface area contributed by atoms with Crippen LogP contribution in [0.1, 0.15) is 33.5 Å². The summed E-state index contributed by atoms with van der Waals surface area (Å²) in [6.45, 7) is 2.35. The van der Waals surface area contributed by atoms with Crippen LogP contribution in [0.2, 0.25) is 5.28 Å². The molecule has 0 bridgehead atoms. The van der Waals surface area contributed by atoms with Gasteiger partial charge in [0.2, 0.25) is 5.28 Å². The zero-order valence-corrected chi connectivity index (χ0v) is 28.0. The molecule has 4 aromatic carbocycles. The van der Waals surface area contributed by atoms with Crippen molar-refractivity contribution in [3.63, 3.8) is 0 Å². The third-order valence-electron chi connectivity index (χ3n) is 8.97. The van der Waals surface area contributed by atoms with Crippen LogP contribution in [-0.2, 0) is 51.7 Å². The molecule has 7 nitrogen and oxygen atoms in total. The van der Waals surface area contributed by atoms with E-state index in [-0.39, 0.29) is 35.6 Å². The van der Waals surface area contributed by atoms with Crippen LogP contribution in [-0.4, -0.2) is 41.0 Å². The third kappa shape index (κ3) is 8.63. The molecule has 1 aliphatic heterocycles. The molecule has 2 aliphatic rings. The van der Waals surface area contributed by atoms with Gasteiger partial charge in [0, 0.05) is 18.0 Å². The Morgan fingerprint density at radius 1 is 0.673 bits per heavy atom. The minimum atomic E-state index is -0.364. The van der Waals surface area contributed by atoms with E-state index in [1.165, 1.54) is 0 Å². The highest BCUT2D eigenvalue weighted by molar-refractivity contribution is 6.28. The van der Waals surface area contributed by atoms with Gasteiger partial charge in [0.05, 0.1) is 38.2 Å². The summed E-state index contributed by atoms with van der Waals surface area (Å²) in [6.07, 6.45) is 3.52. The summed E-state index contributed by atoms with van der Waals surface area (Å²) < 4.78 is 26.6. The number of nitrogens with zero attached hydrogens (tertiary/aromatic N) is 2. The number of anilines is 1. The first kappa shape index (κ1) is 33.1. The molecule has 1 saturated heterocycles. The van der Waals surface area contributed by atoms with Crippen LogP contribution in [0.3, 0.4) is 0 Å². The van der Waals surface area contributed by atoms with E-state index in [2.05, 4.69) is 76.0 Å². The number of hydrogen-bond donors (Lipinski definition) is 1. The SMILES string of the molecule is Clc1nc2c(c(NCc3ccccc3)n1)C=CC([C@@H]1O[C@H](COCc3ccccc3)[C@@H](OCc3ccccc3)[C@H]1OCc1ccccc1)C2. The van der Waals surface area contributed by atoms with Gasteiger partial charge in [-0.2, -0.15) is 0 Å². The third-order valence-corrected chi connectivity index (χ3v) is 9.14. The maximum absolute atomic E-state index is 6.90. The van der Waals surface area contributed by atoms with E-state index in [0.29, 0.717) is 45.2 Å². The van der Waals surface area contributed by atoms with Crippen molar-refractivity contribution in [2.45, 2.75) is 57.2 Å². The van der Waals surface area contributed by atoms with Crippen LogP contribution in [0, 0.1) is 5.92 Å². The molecule has 5 aromatic rings. The Bertz CT molecular complexity index is 1790. The molecular formula is C41H40ClN3O4. The highest BCUT2D eigenvalue weighted by Crippen LogP contribution is 2.38. The van der Waals surface area contributed by atoms with Crippen molar-refractivity contribution in [1.29, 1.82) is 0 Å². The molecule has 0 radical (unpaired) electrons. The maximum atomic E-state index is 6.90. The summed E-state index contributed by atoms with van der Waals surface area (Å²) in [5.74, 6) is 0.678. The Morgan fingerprint density at radius 2 is 1.22 bits per heavy atom. The lowest BCUT2D eigenvalue weighted by Gasteiger charge is -2.30. The minimum absolute atomic E-state index is 0.0387. The van der Waals surface area contributed by atoms with Gasteiger partial charge in [-0.3, -0.25) is 0 Å². The second kappa shape index (κ2) is 16.4. The number of ether oxygens (including phenoxy) is 4. The second-order valence-electron chi connectivity index (χ2n) is 12.4. The van der Waals surface area contributed by atoms with Crippen molar-refractivity contribution in [1.82, 2.24) is 9.97 Å². The monoisotopic (exact) mass is 673 g/mol. The fourth-order valence-corrected chi connectivity index (χ4v) is 6.68. The maximum Gasteiger partial charge on any atom is 0.224 e. The van der Waals surface area contributed by atoms with Crippen LogP contribution in [0.5, 0.6) is 0 Å². The lowest BCUT2D eigenvalue weighted by molar-refractivity contribution is -0.0901. The molecular weight excluding hydrogens is 634 g/mol. The molecule has 1 N–H and O–H groups in total. The molecule has 1 unspecified atom stereocenters. The van der Waals surface area contributed by atoms with Crippen molar-refractivity contribution >= 4 is 23.5 Å². The Kier molecular flexibility index (Phi) is 11.1. The summed E-state index contributed by atoms with van der Waals surface area (Å²) in [6, 6.07) is 40.8. The van der Waals surface area contributed by atoms with Gasteiger partial charge in [0.1, 0.15) is 24.1 Å². The van der Waals surface area contributed by atoms with Gasteiger partial charge in [-0.25, -0.2) is 9.97 Å². The van der Waals surface area contributed by atoms with E-state index in [9.17, 15) is 0 Å². The van der Waals surface area contributed by atoms with Gasteiger partial charge in [0.15, 0.2) is 0 Å². The second-order valence-corrected chi connectivity index (χ2v) is 12.8. The number of halogens is 1. The van der Waals surface area contributed by atoms with Gasteiger partial charge in [-0.05, 0) is 40.3 Å². The van der Waals surface area contributed by atoms with Gasteiger partial charge < -0.3 is 24.3 Å². The van der Waals surface area contributed by atoms with Crippen molar-refractivity contribution < 1.29 is 18.9 Å². The first-order chi connectivity index (χ1) is 24.2. The lowest BCUT2D eigenvalue weighted by Crippen LogP contribution is -2.41. The number of fused-ring (bicyclic) bond motifs is 1. The molecule has 5 atom stereocenters. The number of nitrogens with one attached hydrogen (secondary N) is 1. The van der Waals surface area contributed by atoms with Crippen LogP contribution < -0.4 is 5.32 Å². The van der Waals surface area contributed by atoms with E-state index in [1.807, 2.05) is 72.8 Å². The quantitative estimate of drug-likeness (QED) is 0.120. The molecule has 250 valence electrons. The Hall–Kier alpha value is -4.37. The average Bonchev–Trinajstić information content (AvgIpc) is 3.50. The summed E-state index contributed by atoms with van der Waals surface area (Å²) in [5.41, 5.74) is 6.25. The molecule has 49 heavy (non-hydrogen) atoms. The Morgan fingerprint density at radius 3 is 1.84 bits per heavy atom. The van der Waals surface area contributed by atoms with Crippen molar-refractivity contribution in [3.05, 3.63) is 166 Å². The fraction of sp³-hybridized carbons (Fsp3) is 0.268. The van der Waals surface area contributed by atoms with E-state index >= 15 is 0 Å². The molecule has 0 spiro atoms. The topological polar surface area (TPSA) is 74.7 Å². The largest absolute Gasteiger partial charge is 0.374 e. The zero-order valence-electron chi connectivity index (χ0n) is 27.2. The molecule has 0 amide bonds. The van der Waals surface area contributed by atoms with Crippen molar-refractivity contribution in [2.24, 2.45) is 5.92 Å². The zero-order chi connectivity index (χ0) is 33.3. The normalized spacial score (nSPS) is 21.4. The fourth-order valence-electron chi connectivity index (χ4n) is 6.50. The van der Waals surface area contributed by atoms with Crippen LogP contribution in [0.4, 0.5) is 5.82 Å². The minimum Gasteiger partial charge on any atom is -0.374 e. The van der Waals surface area contributed by atoms with Crippen molar-refractivity contribution in [3.8, 4) is 0 Å². The van der Waals surface area contributed by atoms with E-state index in [4.69, 9.17) is 30.5 Å². The predicted molar refractivity (Wildman–Crippen MR) is 192 cm³/mol. The molecule has 2 heterocycles. The molecule has 0 saturated carbocycles. The Balaban J connectivity index is 1.14. The molecule has 1 aliphatic carbocycles. The number of benzene rings is 4. The van der Waals surface area contributed by atoms with Gasteiger partial charge in [-0.15, -0.1) is 0 Å². The smallest absolute Gasteiger partial charge is 0.224 e. The summed E-state index contributed by atoms with van der Waals surface area (Å²) in [5, 5.41) is 3.68. The molecule has 1 fully saturated rings. The predicted octanol–water partition coefficient (Wildman–Crippen LogP) is 8.08. The van der Waals surface area contributed by atoms with Crippen LogP contribution >= 0.6 is 11.6 Å². The summed E-state index contributed by atoms with van der Waals surface area (Å²) in [4.78, 5) is 9.22. The van der Waals surface area contributed by atoms with Crippen LogP contribution in [0.15, 0.2) is 127 Å². The van der Waals surface area contributed by atoms with E-state index in [1.54, 1.807) is 0 Å². The summed E-state index contributed by atoms with van der Waals surface area (Å²) in [7, 11) is 0. The lowest BCUT2D eigenvalue weighted by atomic mass is 9.86. The van der Waals surface area contributed by atoms with Gasteiger partial charge >= 0.3 is 0 Å². The highest BCUT2D eigenvalue weighted by atomic mass is 35.5. The number of rotatable bonds is 14. The molecule has 8 heteroatoms. The van der Waals surface area contributed by atoms with E-state index in [0.717, 1.165) is 33.5 Å². The van der Waals surface area contributed by atoms with Crippen LogP contribution in [0.25, 0.3) is 6.08 Å². The first-order valence-electron chi connectivity index (χ1n) is 16.8. The van der Waals surface area contributed by atoms with Crippen molar-refractivity contribution in [2.75, 3.05) is 11.9 Å². The van der Waals surface area contributed by atoms with Gasteiger partial charge in [0.25, 0.3) is 0 Å². The Labute approximate surface area is 292 Å². The molecule has 1 aromatic heterocycles. The van der Waals surface area contributed by atoms with Gasteiger partial charge in [-0.1, -0.05) is 133 Å². The van der Waals surface area contributed by atoms with E-state index < -0.39 is 0 Å². The number of aromatic nitrogens is 2. The highest BCUT2D eigenvalue weighted by Gasteiger charge is 2.49. The standard InChI is InChI=1S/C41H40ClN3O4/c42-41-44-35-23-33(21-22-34(35)40(45-41)43-24-29-13-5-1-6-14-29)37-39(48-27-32-19-11-4-12-20-32)38(47-26-31-17-9-3-10-18-31)36(49-37)28-46-25-30-15-7-2-8-16-30/h1-22,33,36-39H,23-28H2,(H,43,44,45)/t33?,36-,37+,38-,39+/m1/s1. The number of hydrogen-bond acceptors (Lipinski definition) is 7. The molecule has 7 rings (SSSR count).